The Morgan fingerprint density at radius 1 is 1.50 bits per heavy atom. The number of benzene rings is 1. The molecular formula is C15H23N3O2. The van der Waals surface area contributed by atoms with Crippen LogP contribution in [0.1, 0.15) is 24.8 Å². The van der Waals surface area contributed by atoms with Crippen LogP contribution >= 0.6 is 0 Å². The highest BCUT2D eigenvalue weighted by Gasteiger charge is 2.26. The third-order valence-corrected chi connectivity index (χ3v) is 3.78. The molecule has 110 valence electrons. The van der Waals surface area contributed by atoms with Gasteiger partial charge in [0.05, 0.1) is 18.6 Å². The number of nitrogens with two attached hydrogens (primary N) is 1. The third-order valence-electron chi connectivity index (χ3n) is 3.78. The highest BCUT2D eigenvalue weighted by Crippen LogP contribution is 2.19. The van der Waals surface area contributed by atoms with Gasteiger partial charge in [0.15, 0.2) is 0 Å². The number of morpholine rings is 1. The van der Waals surface area contributed by atoms with Crippen molar-refractivity contribution >= 4 is 5.91 Å². The van der Waals surface area contributed by atoms with Gasteiger partial charge in [0.1, 0.15) is 0 Å². The number of hydrazine groups is 1. The first kappa shape index (κ1) is 15.0. The quantitative estimate of drug-likeness (QED) is 0.476. The zero-order chi connectivity index (χ0) is 14.4. The number of carbonyl (C=O) groups excluding carboxylic acids is 1. The highest BCUT2D eigenvalue weighted by molar-refractivity contribution is 5.83. The van der Waals surface area contributed by atoms with Crippen LogP contribution in [0.3, 0.4) is 0 Å². The number of rotatable bonds is 5. The first-order valence-electron chi connectivity index (χ1n) is 7.14. The lowest BCUT2D eigenvalue weighted by molar-refractivity contribution is -0.123. The van der Waals surface area contributed by atoms with E-state index in [1.165, 1.54) is 0 Å². The van der Waals surface area contributed by atoms with E-state index in [0.29, 0.717) is 6.54 Å². The van der Waals surface area contributed by atoms with Gasteiger partial charge in [-0.15, -0.1) is 0 Å². The van der Waals surface area contributed by atoms with Crippen molar-refractivity contribution in [2.45, 2.75) is 25.4 Å². The maximum absolute atomic E-state index is 12.0. The van der Waals surface area contributed by atoms with Crippen molar-refractivity contribution in [2.24, 2.45) is 5.84 Å². The molecule has 3 N–H and O–H groups in total. The minimum absolute atomic E-state index is 0.143. The topological polar surface area (TPSA) is 67.6 Å². The second kappa shape index (κ2) is 7.38. The molecule has 1 heterocycles. The van der Waals surface area contributed by atoms with E-state index in [1.54, 1.807) is 0 Å². The molecule has 1 amide bonds. The monoisotopic (exact) mass is 277 g/mol. The van der Waals surface area contributed by atoms with Gasteiger partial charge in [0.2, 0.25) is 5.91 Å². The van der Waals surface area contributed by atoms with Gasteiger partial charge >= 0.3 is 0 Å². The van der Waals surface area contributed by atoms with E-state index in [9.17, 15) is 4.79 Å². The molecule has 20 heavy (non-hydrogen) atoms. The van der Waals surface area contributed by atoms with E-state index in [4.69, 9.17) is 10.6 Å². The van der Waals surface area contributed by atoms with Crippen LogP contribution in [0.25, 0.3) is 0 Å². The smallest absolute Gasteiger partial charge is 0.242 e. The van der Waals surface area contributed by atoms with Crippen molar-refractivity contribution in [3.05, 3.63) is 35.9 Å². The molecule has 2 atom stereocenters. The van der Waals surface area contributed by atoms with Gasteiger partial charge in [0, 0.05) is 19.6 Å². The first-order chi connectivity index (χ1) is 9.74. The molecule has 1 aliphatic rings. The summed E-state index contributed by atoms with van der Waals surface area (Å²) < 4.78 is 5.66. The predicted octanol–water partition coefficient (Wildman–Crippen LogP) is 0.871. The fourth-order valence-corrected chi connectivity index (χ4v) is 2.58. The standard InChI is InChI=1S/C15H23N3O2/c1-2-13-10-18(8-9-20-13)11-14(15(19)17-16)12-6-4-3-5-7-12/h3-7,13-14H,2,8-11,16H2,1H3,(H,17,19). The largest absolute Gasteiger partial charge is 0.376 e. The molecule has 0 spiro atoms. The summed E-state index contributed by atoms with van der Waals surface area (Å²) in [6.45, 7) is 5.25. The molecule has 0 bridgehead atoms. The van der Waals surface area contributed by atoms with Crippen molar-refractivity contribution in [1.29, 1.82) is 0 Å². The Hall–Kier alpha value is -1.43. The summed E-state index contributed by atoms with van der Waals surface area (Å²) in [5.41, 5.74) is 3.28. The van der Waals surface area contributed by atoms with E-state index in [0.717, 1.165) is 31.7 Å². The molecule has 0 saturated carbocycles. The summed E-state index contributed by atoms with van der Waals surface area (Å²) in [4.78, 5) is 14.3. The lowest BCUT2D eigenvalue weighted by Crippen LogP contribution is -2.46. The van der Waals surface area contributed by atoms with E-state index >= 15 is 0 Å². The number of hydrogen-bond donors (Lipinski definition) is 2. The lowest BCUT2D eigenvalue weighted by Gasteiger charge is -2.34. The first-order valence-corrected chi connectivity index (χ1v) is 7.14. The molecule has 1 fully saturated rings. The van der Waals surface area contributed by atoms with Gasteiger partial charge in [0.25, 0.3) is 0 Å². The maximum Gasteiger partial charge on any atom is 0.242 e. The normalized spacial score (nSPS) is 21.4. The van der Waals surface area contributed by atoms with Gasteiger partial charge in [-0.3, -0.25) is 15.1 Å². The Bertz CT molecular complexity index is 424. The van der Waals surface area contributed by atoms with Crippen molar-refractivity contribution in [3.8, 4) is 0 Å². The molecule has 1 aromatic rings. The fourth-order valence-electron chi connectivity index (χ4n) is 2.58. The number of carbonyl (C=O) groups is 1. The SMILES string of the molecule is CCC1CN(CC(C(=O)NN)c2ccccc2)CCO1. The molecule has 1 aromatic carbocycles. The summed E-state index contributed by atoms with van der Waals surface area (Å²) in [6.07, 6.45) is 1.26. The Morgan fingerprint density at radius 3 is 2.90 bits per heavy atom. The van der Waals surface area contributed by atoms with Crippen molar-refractivity contribution in [2.75, 3.05) is 26.2 Å². The average Bonchev–Trinajstić information content (AvgIpc) is 2.53. The van der Waals surface area contributed by atoms with Crippen LogP contribution in [0.2, 0.25) is 0 Å². The molecular weight excluding hydrogens is 254 g/mol. The van der Waals surface area contributed by atoms with Gasteiger partial charge in [-0.1, -0.05) is 37.3 Å². The van der Waals surface area contributed by atoms with E-state index in [1.807, 2.05) is 30.3 Å². The molecule has 1 aliphatic heterocycles. The van der Waals surface area contributed by atoms with E-state index in [-0.39, 0.29) is 17.9 Å². The van der Waals surface area contributed by atoms with Gasteiger partial charge in [-0.05, 0) is 12.0 Å². The third kappa shape index (κ3) is 3.79. The average molecular weight is 277 g/mol. The lowest BCUT2D eigenvalue weighted by atomic mass is 9.97. The minimum Gasteiger partial charge on any atom is -0.376 e. The molecule has 0 aromatic heterocycles. The Labute approximate surface area is 120 Å². The summed E-state index contributed by atoms with van der Waals surface area (Å²) in [7, 11) is 0. The number of nitrogens with zero attached hydrogens (tertiary/aromatic N) is 1. The molecule has 2 unspecified atom stereocenters. The summed E-state index contributed by atoms with van der Waals surface area (Å²) in [6, 6.07) is 9.78. The number of hydrogen-bond acceptors (Lipinski definition) is 4. The molecule has 5 heteroatoms. The highest BCUT2D eigenvalue weighted by atomic mass is 16.5. The molecule has 1 saturated heterocycles. The second-order valence-corrected chi connectivity index (χ2v) is 5.13. The molecule has 0 aliphatic carbocycles. The number of amides is 1. The van der Waals surface area contributed by atoms with E-state index in [2.05, 4.69) is 17.2 Å². The van der Waals surface area contributed by atoms with Crippen LogP contribution in [0, 0.1) is 0 Å². The van der Waals surface area contributed by atoms with Crippen LogP contribution < -0.4 is 11.3 Å². The van der Waals surface area contributed by atoms with Gasteiger partial charge < -0.3 is 4.74 Å². The van der Waals surface area contributed by atoms with Crippen LogP contribution in [-0.4, -0.2) is 43.2 Å². The number of ether oxygens (including phenoxy) is 1. The van der Waals surface area contributed by atoms with E-state index < -0.39 is 0 Å². The van der Waals surface area contributed by atoms with Crippen LogP contribution in [0.5, 0.6) is 0 Å². The molecule has 2 rings (SSSR count). The predicted molar refractivity (Wildman–Crippen MR) is 78.0 cm³/mol. The molecule has 5 nitrogen and oxygen atoms in total. The Morgan fingerprint density at radius 2 is 2.25 bits per heavy atom. The van der Waals surface area contributed by atoms with Gasteiger partial charge in [-0.2, -0.15) is 0 Å². The van der Waals surface area contributed by atoms with Crippen LogP contribution in [0.4, 0.5) is 0 Å². The Kier molecular flexibility index (Phi) is 5.52. The zero-order valence-corrected chi connectivity index (χ0v) is 11.9. The van der Waals surface area contributed by atoms with Crippen LogP contribution in [0.15, 0.2) is 30.3 Å². The molecule has 0 radical (unpaired) electrons. The summed E-state index contributed by atoms with van der Waals surface area (Å²) in [5, 5.41) is 0. The second-order valence-electron chi connectivity index (χ2n) is 5.13. The van der Waals surface area contributed by atoms with Crippen molar-refractivity contribution < 1.29 is 9.53 Å². The van der Waals surface area contributed by atoms with Gasteiger partial charge in [-0.25, -0.2) is 5.84 Å². The Balaban J connectivity index is 2.06. The summed E-state index contributed by atoms with van der Waals surface area (Å²) >= 11 is 0. The van der Waals surface area contributed by atoms with Crippen LogP contribution in [-0.2, 0) is 9.53 Å². The minimum atomic E-state index is -0.239. The summed E-state index contributed by atoms with van der Waals surface area (Å²) in [5.74, 6) is 4.94. The zero-order valence-electron chi connectivity index (χ0n) is 11.9. The maximum atomic E-state index is 12.0. The van der Waals surface area contributed by atoms with Crippen molar-refractivity contribution in [3.63, 3.8) is 0 Å². The van der Waals surface area contributed by atoms with Crippen molar-refractivity contribution in [1.82, 2.24) is 10.3 Å². The fraction of sp³-hybridized carbons (Fsp3) is 0.533. The number of nitrogens with one attached hydrogen (secondary N) is 1.